The zero-order valence-electron chi connectivity index (χ0n) is 21.0. The van der Waals surface area contributed by atoms with Crippen molar-refractivity contribution in [3.63, 3.8) is 0 Å². The van der Waals surface area contributed by atoms with Crippen LogP contribution >= 0.6 is 0 Å². The minimum absolute atomic E-state index is 0.0206. The molecule has 8 heteroatoms. The number of hydrogen-bond acceptors (Lipinski definition) is 5. The summed E-state index contributed by atoms with van der Waals surface area (Å²) in [4.78, 5) is 37.0. The van der Waals surface area contributed by atoms with E-state index >= 15 is 0 Å². The molecule has 0 spiro atoms. The predicted molar refractivity (Wildman–Crippen MR) is 138 cm³/mol. The van der Waals surface area contributed by atoms with Gasteiger partial charge in [-0.3, -0.25) is 9.59 Å². The van der Waals surface area contributed by atoms with Crippen molar-refractivity contribution in [1.82, 2.24) is 30.0 Å². The normalized spacial score (nSPS) is 13.2. The minimum Gasteiger partial charge on any atom is -0.348 e. The van der Waals surface area contributed by atoms with Crippen molar-refractivity contribution >= 4 is 22.8 Å². The van der Waals surface area contributed by atoms with E-state index in [1.807, 2.05) is 57.2 Å². The molecule has 1 fully saturated rings. The first-order chi connectivity index (χ1) is 17.3. The van der Waals surface area contributed by atoms with E-state index in [4.69, 9.17) is 4.98 Å². The Morgan fingerprint density at radius 1 is 1.14 bits per heavy atom. The largest absolute Gasteiger partial charge is 0.348 e. The molecule has 1 saturated carbocycles. The highest BCUT2D eigenvalue weighted by Crippen LogP contribution is 2.40. The fraction of sp³-hybridized carbons (Fsp3) is 0.321. The molecular formula is C28H30N6O2. The molecule has 0 saturated heterocycles. The molecule has 0 aliphatic heterocycles. The van der Waals surface area contributed by atoms with Gasteiger partial charge in [-0.25, -0.2) is 9.97 Å². The number of hydrogen-bond donors (Lipinski definition) is 1. The van der Waals surface area contributed by atoms with Crippen molar-refractivity contribution in [2.24, 2.45) is 0 Å². The smallest absolute Gasteiger partial charge is 0.253 e. The van der Waals surface area contributed by atoms with Crippen LogP contribution in [0.1, 0.15) is 70.3 Å². The van der Waals surface area contributed by atoms with E-state index in [1.165, 1.54) is 0 Å². The highest BCUT2D eigenvalue weighted by molar-refractivity contribution is 6.06. The lowest BCUT2D eigenvalue weighted by Gasteiger charge is -2.21. The van der Waals surface area contributed by atoms with Gasteiger partial charge in [0.2, 0.25) is 0 Å². The third-order valence-corrected chi connectivity index (χ3v) is 6.69. The summed E-state index contributed by atoms with van der Waals surface area (Å²) in [5.41, 5.74) is 4.42. The number of aryl methyl sites for hydroxylation is 1. The van der Waals surface area contributed by atoms with Gasteiger partial charge in [0, 0.05) is 43.0 Å². The van der Waals surface area contributed by atoms with Crippen molar-refractivity contribution < 1.29 is 9.59 Å². The van der Waals surface area contributed by atoms with E-state index in [1.54, 1.807) is 35.0 Å². The molecule has 0 unspecified atom stereocenters. The summed E-state index contributed by atoms with van der Waals surface area (Å²) in [5.74, 6) is 0.850. The van der Waals surface area contributed by atoms with E-state index in [2.05, 4.69) is 15.4 Å². The van der Waals surface area contributed by atoms with Crippen LogP contribution in [0, 0.1) is 6.92 Å². The third-order valence-electron chi connectivity index (χ3n) is 6.69. The Morgan fingerprint density at radius 3 is 2.53 bits per heavy atom. The van der Waals surface area contributed by atoms with Gasteiger partial charge in [0.15, 0.2) is 11.5 Å². The van der Waals surface area contributed by atoms with Crippen LogP contribution in [0.3, 0.4) is 0 Å². The van der Waals surface area contributed by atoms with Crippen LogP contribution < -0.4 is 5.32 Å². The average Bonchev–Trinajstić information content (AvgIpc) is 3.70. The van der Waals surface area contributed by atoms with Gasteiger partial charge in [-0.1, -0.05) is 18.2 Å². The second-order valence-electron chi connectivity index (χ2n) is 9.64. The van der Waals surface area contributed by atoms with Gasteiger partial charge < -0.3 is 10.2 Å². The maximum absolute atomic E-state index is 13.4. The summed E-state index contributed by atoms with van der Waals surface area (Å²) in [6.07, 6.45) is 3.87. The fourth-order valence-corrected chi connectivity index (χ4v) is 4.20. The van der Waals surface area contributed by atoms with Crippen molar-refractivity contribution in [2.45, 2.75) is 52.1 Å². The predicted octanol–water partition coefficient (Wildman–Crippen LogP) is 4.41. The van der Waals surface area contributed by atoms with Gasteiger partial charge >= 0.3 is 0 Å². The van der Waals surface area contributed by atoms with E-state index < -0.39 is 0 Å². The molecule has 1 aliphatic carbocycles. The van der Waals surface area contributed by atoms with Gasteiger partial charge in [-0.15, -0.1) is 0 Å². The summed E-state index contributed by atoms with van der Waals surface area (Å²) in [6.45, 7) is 6.20. The van der Waals surface area contributed by atoms with Crippen LogP contribution in [0.25, 0.3) is 16.9 Å². The molecule has 36 heavy (non-hydrogen) atoms. The molecule has 2 amide bonds. The summed E-state index contributed by atoms with van der Waals surface area (Å²) < 4.78 is 1.72. The topological polar surface area (TPSA) is 93.0 Å². The van der Waals surface area contributed by atoms with Crippen LogP contribution in [0.2, 0.25) is 0 Å². The van der Waals surface area contributed by atoms with Gasteiger partial charge in [-0.2, -0.15) is 9.78 Å². The molecule has 3 aromatic heterocycles. The molecule has 1 aliphatic rings. The van der Waals surface area contributed by atoms with Crippen molar-refractivity contribution in [3.8, 4) is 5.82 Å². The molecule has 1 N–H and O–H groups in total. The molecule has 8 nitrogen and oxygen atoms in total. The lowest BCUT2D eigenvalue weighted by atomic mass is 10.1. The summed E-state index contributed by atoms with van der Waals surface area (Å²) in [7, 11) is 1.80. The second-order valence-corrected chi connectivity index (χ2v) is 9.64. The quantitative estimate of drug-likeness (QED) is 0.421. The number of nitrogens with zero attached hydrogens (tertiary/aromatic N) is 5. The van der Waals surface area contributed by atoms with Crippen LogP contribution in [0.4, 0.5) is 0 Å². The zero-order valence-corrected chi connectivity index (χ0v) is 21.0. The van der Waals surface area contributed by atoms with Gasteiger partial charge in [0.1, 0.15) is 0 Å². The number of pyridine rings is 2. The number of amides is 2. The molecule has 0 bridgehead atoms. The first-order valence-corrected chi connectivity index (χ1v) is 12.3. The average molecular weight is 483 g/mol. The molecular weight excluding hydrogens is 452 g/mol. The van der Waals surface area contributed by atoms with Crippen molar-refractivity contribution in [1.29, 1.82) is 0 Å². The molecule has 0 radical (unpaired) electrons. The second kappa shape index (κ2) is 9.53. The van der Waals surface area contributed by atoms with E-state index in [9.17, 15) is 9.59 Å². The number of nitrogens with one attached hydrogen (secondary N) is 1. The molecule has 3 heterocycles. The van der Waals surface area contributed by atoms with Gasteiger partial charge in [0.25, 0.3) is 11.8 Å². The maximum atomic E-state index is 13.4. The first kappa shape index (κ1) is 23.7. The Kier molecular flexibility index (Phi) is 6.26. The maximum Gasteiger partial charge on any atom is 0.253 e. The Labute approximate surface area is 210 Å². The Hall–Kier alpha value is -4.07. The number of aromatic nitrogens is 4. The number of fused-ring (bicyclic) bond motifs is 1. The molecule has 4 aromatic rings. The summed E-state index contributed by atoms with van der Waals surface area (Å²) in [6, 6.07) is 15.0. The molecule has 184 valence electrons. The lowest BCUT2D eigenvalue weighted by molar-refractivity contribution is 0.0754. The molecule has 0 atom stereocenters. The van der Waals surface area contributed by atoms with Crippen molar-refractivity contribution in [2.75, 3.05) is 7.05 Å². The number of carbonyl (C=O) groups excluding carboxylic acids is 2. The monoisotopic (exact) mass is 482 g/mol. The van der Waals surface area contributed by atoms with Crippen molar-refractivity contribution in [3.05, 3.63) is 82.8 Å². The Morgan fingerprint density at radius 2 is 1.89 bits per heavy atom. The Bertz CT molecular complexity index is 1420. The molecule has 5 rings (SSSR count). The summed E-state index contributed by atoms with van der Waals surface area (Å²) in [5, 5.41) is 8.45. The van der Waals surface area contributed by atoms with Gasteiger partial charge in [-0.05, 0) is 69.5 Å². The minimum atomic E-state index is -0.173. The fourth-order valence-electron chi connectivity index (χ4n) is 4.20. The highest BCUT2D eigenvalue weighted by Gasteiger charge is 2.29. The summed E-state index contributed by atoms with van der Waals surface area (Å²) >= 11 is 0. The van der Waals surface area contributed by atoms with E-state index in [-0.39, 0.29) is 17.9 Å². The third kappa shape index (κ3) is 4.58. The van der Waals surface area contributed by atoms with Crippen LogP contribution in [0.5, 0.6) is 0 Å². The number of carbonyl (C=O) groups is 2. The Balaban J connectivity index is 1.41. The SMILES string of the molecule is Cc1nn(-c2ccccn2)c2nc(C3CC3)cc(C(=O)NCc3ccc(C(=O)N(C)C(C)C)cc3)c12. The first-order valence-electron chi connectivity index (χ1n) is 12.3. The van der Waals surface area contributed by atoms with Crippen LogP contribution in [-0.2, 0) is 6.54 Å². The van der Waals surface area contributed by atoms with Gasteiger partial charge in [0.05, 0.1) is 16.6 Å². The number of rotatable bonds is 7. The number of benzene rings is 1. The van der Waals surface area contributed by atoms with E-state index in [0.717, 1.165) is 35.2 Å². The lowest BCUT2D eigenvalue weighted by Crippen LogP contribution is -2.32. The highest BCUT2D eigenvalue weighted by atomic mass is 16.2. The zero-order chi connectivity index (χ0) is 25.4. The molecule has 1 aromatic carbocycles. The standard InChI is InChI=1S/C28H30N6O2/c1-17(2)33(4)28(36)21-10-8-19(9-11-21)16-30-27(35)22-15-23(20-12-13-20)31-26-25(22)18(3)32-34(26)24-7-5-6-14-29-24/h5-11,14-15,17,20H,12-13,16H2,1-4H3,(H,30,35). The van der Waals surface area contributed by atoms with E-state index in [0.29, 0.717) is 35.1 Å². The van der Waals surface area contributed by atoms with Crippen LogP contribution in [0.15, 0.2) is 54.7 Å². The van der Waals surface area contributed by atoms with Crippen LogP contribution in [-0.4, -0.2) is 49.6 Å².